The maximum absolute atomic E-state index is 13.7. The first-order chi connectivity index (χ1) is 12.6. The Morgan fingerprint density at radius 2 is 1.73 bits per heavy atom. The van der Waals surface area contributed by atoms with Crippen LogP contribution in [0.5, 0.6) is 5.75 Å². The molecular weight excluding hydrogens is 331 g/mol. The summed E-state index contributed by atoms with van der Waals surface area (Å²) in [5, 5.41) is 0. The minimum atomic E-state index is -1.46. The lowest BCUT2D eigenvalue weighted by Gasteiger charge is -2.29. The van der Waals surface area contributed by atoms with Gasteiger partial charge in [0.05, 0.1) is 6.61 Å². The first-order valence-electron chi connectivity index (χ1n) is 10.2. The summed E-state index contributed by atoms with van der Waals surface area (Å²) < 4.78 is 24.8. The molecule has 0 aliphatic heterocycles. The predicted octanol–water partition coefficient (Wildman–Crippen LogP) is 5.96. The summed E-state index contributed by atoms with van der Waals surface area (Å²) in [6.07, 6.45) is 6.07. The molecule has 0 bridgehead atoms. The number of alkyl halides is 1. The summed E-state index contributed by atoms with van der Waals surface area (Å²) in [5.74, 6) is 0.734. The zero-order chi connectivity index (χ0) is 18.8. The quantitative estimate of drug-likeness (QED) is 0.379. The average molecular weight is 365 g/mol. The largest absolute Gasteiger partial charge is 0.494 e. The van der Waals surface area contributed by atoms with Gasteiger partial charge in [-0.2, -0.15) is 0 Å². The molecule has 0 saturated heterocycles. The fourth-order valence-electron chi connectivity index (χ4n) is 3.42. The van der Waals surface area contributed by atoms with Crippen LogP contribution < -0.4 is 4.74 Å². The van der Waals surface area contributed by atoms with E-state index in [0.29, 0.717) is 5.92 Å². The predicted molar refractivity (Wildman–Crippen MR) is 102 cm³/mol. The fraction of sp³-hybridized carbons (Fsp3) is 0.682. The maximum Gasteiger partial charge on any atom is 0.340 e. The molecule has 0 amide bonds. The van der Waals surface area contributed by atoms with Gasteiger partial charge < -0.3 is 9.47 Å². The zero-order valence-corrected chi connectivity index (χ0v) is 16.2. The molecule has 1 aliphatic rings. The van der Waals surface area contributed by atoms with Crippen molar-refractivity contribution in [1.29, 1.82) is 0 Å². The van der Waals surface area contributed by atoms with Crippen LogP contribution in [0, 0.1) is 0 Å². The summed E-state index contributed by atoms with van der Waals surface area (Å²) in [6.45, 7) is 4.91. The number of hydrogen-bond donors (Lipinski definition) is 0. The third-order valence-corrected chi connectivity index (χ3v) is 5.14. The van der Waals surface area contributed by atoms with Crippen molar-refractivity contribution in [3.63, 3.8) is 0 Å². The molecule has 1 atom stereocenters. The van der Waals surface area contributed by atoms with Crippen LogP contribution in [0.2, 0.25) is 0 Å². The summed E-state index contributed by atoms with van der Waals surface area (Å²) in [4.78, 5) is 11.8. The van der Waals surface area contributed by atoms with Crippen LogP contribution in [-0.2, 0) is 9.53 Å². The number of ether oxygens (including phenoxy) is 2. The Balaban J connectivity index is 1.74. The minimum Gasteiger partial charge on any atom is -0.494 e. The first-order valence-corrected chi connectivity index (χ1v) is 10.2. The van der Waals surface area contributed by atoms with Crippen molar-refractivity contribution in [3.05, 3.63) is 29.8 Å². The van der Waals surface area contributed by atoms with E-state index in [1.165, 1.54) is 5.56 Å². The molecule has 3 nitrogen and oxygen atoms in total. The molecule has 1 aromatic carbocycles. The molecule has 26 heavy (non-hydrogen) atoms. The highest BCUT2D eigenvalue weighted by atomic mass is 19.1. The zero-order valence-electron chi connectivity index (χ0n) is 16.2. The van der Waals surface area contributed by atoms with Gasteiger partial charge in [-0.05, 0) is 62.1 Å². The highest BCUT2D eigenvalue weighted by Crippen LogP contribution is 2.35. The second-order valence-electron chi connectivity index (χ2n) is 7.29. The molecule has 1 saturated carbocycles. The number of carbonyl (C=O) groups is 1. The lowest BCUT2D eigenvalue weighted by atomic mass is 9.83. The van der Waals surface area contributed by atoms with E-state index in [4.69, 9.17) is 9.47 Å². The van der Waals surface area contributed by atoms with Crippen LogP contribution in [0.3, 0.4) is 0 Å². The Morgan fingerprint density at radius 1 is 1.08 bits per heavy atom. The third kappa shape index (κ3) is 6.62. The third-order valence-electron chi connectivity index (χ3n) is 5.14. The highest BCUT2D eigenvalue weighted by Gasteiger charge is 2.27. The van der Waals surface area contributed by atoms with E-state index < -0.39 is 12.1 Å². The second-order valence-corrected chi connectivity index (χ2v) is 7.29. The summed E-state index contributed by atoms with van der Waals surface area (Å²) >= 11 is 0. The van der Waals surface area contributed by atoms with Crippen LogP contribution >= 0.6 is 0 Å². The number of carbonyl (C=O) groups excluding carboxylic acids is 1. The van der Waals surface area contributed by atoms with Gasteiger partial charge in [0.15, 0.2) is 6.17 Å². The van der Waals surface area contributed by atoms with Gasteiger partial charge in [-0.25, -0.2) is 9.18 Å². The molecule has 0 unspecified atom stereocenters. The van der Waals surface area contributed by atoms with E-state index in [-0.39, 0.29) is 12.5 Å². The molecule has 1 aromatic rings. The number of rotatable bonds is 10. The number of halogens is 1. The first kappa shape index (κ1) is 20.7. The van der Waals surface area contributed by atoms with Crippen molar-refractivity contribution < 1.29 is 18.7 Å². The Bertz CT molecular complexity index is 521. The lowest BCUT2D eigenvalue weighted by molar-refractivity contribution is -0.157. The Labute approximate surface area is 157 Å². The van der Waals surface area contributed by atoms with E-state index in [0.717, 1.165) is 63.7 Å². The normalized spacial score (nSPS) is 21.2. The molecule has 0 heterocycles. The SMILES string of the molecule is CCCCOc1ccc([C@H]2CC[C@H](OC(=O)[C@@H](F)CCCC)CC2)cc1. The summed E-state index contributed by atoms with van der Waals surface area (Å²) in [6, 6.07) is 8.36. The molecule has 1 fully saturated rings. The van der Waals surface area contributed by atoms with E-state index in [9.17, 15) is 9.18 Å². The molecule has 1 aliphatic carbocycles. The topological polar surface area (TPSA) is 35.5 Å². The van der Waals surface area contributed by atoms with E-state index in [1.54, 1.807) is 0 Å². The minimum absolute atomic E-state index is 0.129. The van der Waals surface area contributed by atoms with Crippen LogP contribution in [0.15, 0.2) is 24.3 Å². The average Bonchev–Trinajstić information content (AvgIpc) is 2.67. The number of unbranched alkanes of at least 4 members (excludes halogenated alkanes) is 2. The standard InChI is InChI=1S/C22H33FO3/c1-3-5-7-21(23)22(24)26-20-14-10-18(11-15-20)17-8-12-19(13-9-17)25-16-6-4-2/h8-9,12-13,18,20-21H,3-7,10-11,14-16H2,1-2H3/t18-,20-,21-/m0/s1. The Kier molecular flexibility index (Phi) is 8.93. The number of hydrogen-bond acceptors (Lipinski definition) is 3. The van der Waals surface area contributed by atoms with E-state index in [1.807, 2.05) is 19.1 Å². The van der Waals surface area contributed by atoms with Gasteiger partial charge in [0.1, 0.15) is 11.9 Å². The van der Waals surface area contributed by atoms with Crippen LogP contribution in [0.4, 0.5) is 4.39 Å². The van der Waals surface area contributed by atoms with E-state index >= 15 is 0 Å². The fourth-order valence-corrected chi connectivity index (χ4v) is 3.42. The van der Waals surface area contributed by atoms with Crippen molar-refractivity contribution in [2.24, 2.45) is 0 Å². The lowest BCUT2D eigenvalue weighted by Crippen LogP contribution is -2.28. The highest BCUT2D eigenvalue weighted by molar-refractivity contribution is 5.74. The van der Waals surface area contributed by atoms with Crippen molar-refractivity contribution in [3.8, 4) is 5.75 Å². The van der Waals surface area contributed by atoms with Crippen LogP contribution in [0.1, 0.15) is 83.1 Å². The van der Waals surface area contributed by atoms with Gasteiger partial charge in [-0.1, -0.05) is 45.2 Å². The van der Waals surface area contributed by atoms with E-state index in [2.05, 4.69) is 19.1 Å². The monoisotopic (exact) mass is 364 g/mol. The molecule has 4 heteroatoms. The molecule has 2 rings (SSSR count). The number of benzene rings is 1. The van der Waals surface area contributed by atoms with Gasteiger partial charge in [-0.15, -0.1) is 0 Å². The summed E-state index contributed by atoms with van der Waals surface area (Å²) in [7, 11) is 0. The van der Waals surface area contributed by atoms with Gasteiger partial charge >= 0.3 is 5.97 Å². The molecule has 0 spiro atoms. The van der Waals surface area contributed by atoms with Gasteiger partial charge in [0.25, 0.3) is 0 Å². The van der Waals surface area contributed by atoms with Crippen molar-refractivity contribution in [2.75, 3.05) is 6.61 Å². The molecular formula is C22H33FO3. The Morgan fingerprint density at radius 3 is 2.35 bits per heavy atom. The molecule has 0 N–H and O–H groups in total. The van der Waals surface area contributed by atoms with Crippen LogP contribution in [0.25, 0.3) is 0 Å². The second kappa shape index (κ2) is 11.2. The Hall–Kier alpha value is -1.58. The van der Waals surface area contributed by atoms with Crippen molar-refractivity contribution >= 4 is 5.97 Å². The van der Waals surface area contributed by atoms with Gasteiger partial charge in [0.2, 0.25) is 0 Å². The van der Waals surface area contributed by atoms with Crippen LogP contribution in [-0.4, -0.2) is 24.9 Å². The number of esters is 1. The van der Waals surface area contributed by atoms with Crippen molar-refractivity contribution in [1.82, 2.24) is 0 Å². The van der Waals surface area contributed by atoms with Crippen molar-refractivity contribution in [2.45, 2.75) is 89.8 Å². The van der Waals surface area contributed by atoms with Gasteiger partial charge in [0, 0.05) is 0 Å². The van der Waals surface area contributed by atoms with Gasteiger partial charge in [-0.3, -0.25) is 0 Å². The molecule has 146 valence electrons. The molecule has 0 radical (unpaired) electrons. The maximum atomic E-state index is 13.7. The summed E-state index contributed by atoms with van der Waals surface area (Å²) in [5.41, 5.74) is 1.31. The smallest absolute Gasteiger partial charge is 0.340 e. The molecule has 0 aromatic heterocycles.